The van der Waals surface area contributed by atoms with Gasteiger partial charge in [-0.2, -0.15) is 0 Å². The highest BCUT2D eigenvalue weighted by Gasteiger charge is 2.04. The van der Waals surface area contributed by atoms with Crippen molar-refractivity contribution in [3.8, 4) is 0 Å². The average Bonchev–Trinajstić information content (AvgIpc) is 2.92. The maximum Gasteiger partial charge on any atom is 0.0953 e. The van der Waals surface area contributed by atoms with Crippen LogP contribution in [0.5, 0.6) is 0 Å². The molecule has 0 spiro atoms. The Kier molecular flexibility index (Phi) is 2.61. The first kappa shape index (κ1) is 10.7. The first-order chi connectivity index (χ1) is 8.84. The molecule has 0 fully saturated rings. The van der Waals surface area contributed by atoms with Crippen molar-refractivity contribution in [2.75, 3.05) is 11.1 Å². The minimum Gasteiger partial charge on any atom is -0.472 e. The van der Waals surface area contributed by atoms with E-state index < -0.39 is 0 Å². The van der Waals surface area contributed by atoms with E-state index in [0.29, 0.717) is 6.54 Å². The number of hydrogen-bond donors (Lipinski definition) is 2. The Labute approximate surface area is 104 Å². The Morgan fingerprint density at radius 3 is 3.00 bits per heavy atom. The van der Waals surface area contributed by atoms with E-state index in [2.05, 4.69) is 10.3 Å². The van der Waals surface area contributed by atoms with Crippen LogP contribution in [0.25, 0.3) is 10.9 Å². The van der Waals surface area contributed by atoms with E-state index in [1.165, 1.54) is 0 Å². The molecule has 0 saturated heterocycles. The van der Waals surface area contributed by atoms with Gasteiger partial charge in [0, 0.05) is 29.4 Å². The van der Waals surface area contributed by atoms with Crippen LogP contribution in [-0.2, 0) is 6.54 Å². The Bertz CT molecular complexity index is 662. The summed E-state index contributed by atoms with van der Waals surface area (Å²) in [4.78, 5) is 4.38. The lowest BCUT2D eigenvalue weighted by atomic mass is 10.1. The molecule has 0 aliphatic rings. The zero-order chi connectivity index (χ0) is 12.4. The van der Waals surface area contributed by atoms with Gasteiger partial charge in [0.15, 0.2) is 0 Å². The molecule has 0 aliphatic heterocycles. The number of hydrogen-bond acceptors (Lipinski definition) is 4. The van der Waals surface area contributed by atoms with Crippen molar-refractivity contribution in [1.29, 1.82) is 0 Å². The van der Waals surface area contributed by atoms with Gasteiger partial charge in [-0.3, -0.25) is 4.98 Å². The second-order valence-electron chi connectivity index (χ2n) is 4.09. The molecular formula is C14H13N3O. The molecule has 2 heterocycles. The number of anilines is 2. The normalized spacial score (nSPS) is 10.7. The van der Waals surface area contributed by atoms with Crippen LogP contribution >= 0.6 is 0 Å². The molecule has 0 amide bonds. The number of fused-ring (bicyclic) bond motifs is 1. The maximum absolute atomic E-state index is 5.93. The molecule has 4 heteroatoms. The molecule has 0 bridgehead atoms. The molecule has 0 unspecified atom stereocenters. The zero-order valence-electron chi connectivity index (χ0n) is 9.76. The molecule has 0 radical (unpaired) electrons. The third kappa shape index (κ3) is 1.88. The van der Waals surface area contributed by atoms with E-state index in [9.17, 15) is 0 Å². The van der Waals surface area contributed by atoms with Gasteiger partial charge in [-0.15, -0.1) is 0 Å². The highest BCUT2D eigenvalue weighted by Crippen LogP contribution is 2.26. The molecule has 4 nitrogen and oxygen atoms in total. The van der Waals surface area contributed by atoms with Crippen LogP contribution in [-0.4, -0.2) is 4.98 Å². The molecule has 2 aromatic heterocycles. The van der Waals surface area contributed by atoms with Crippen LogP contribution < -0.4 is 11.1 Å². The summed E-state index contributed by atoms with van der Waals surface area (Å²) in [6.07, 6.45) is 5.15. The predicted octanol–water partition coefficient (Wildman–Crippen LogP) is 3.02. The minimum atomic E-state index is 0.700. The van der Waals surface area contributed by atoms with Crippen LogP contribution in [0.2, 0.25) is 0 Å². The monoisotopic (exact) mass is 239 g/mol. The molecule has 18 heavy (non-hydrogen) atoms. The number of benzene rings is 1. The first-order valence-corrected chi connectivity index (χ1v) is 5.73. The smallest absolute Gasteiger partial charge is 0.0953 e. The van der Waals surface area contributed by atoms with Crippen molar-refractivity contribution in [3.63, 3.8) is 0 Å². The second-order valence-corrected chi connectivity index (χ2v) is 4.09. The van der Waals surface area contributed by atoms with Gasteiger partial charge in [-0.25, -0.2) is 0 Å². The molecule has 0 saturated carbocycles. The Balaban J connectivity index is 1.94. The summed E-state index contributed by atoms with van der Waals surface area (Å²) < 4.78 is 5.03. The largest absolute Gasteiger partial charge is 0.472 e. The molecule has 3 rings (SSSR count). The van der Waals surface area contributed by atoms with Crippen molar-refractivity contribution in [2.24, 2.45) is 0 Å². The second kappa shape index (κ2) is 4.41. The molecule has 0 aliphatic carbocycles. The standard InChI is InChI=1S/C14H13N3O/c15-12-3-4-13(14-11(12)2-1-6-16-14)17-8-10-5-7-18-9-10/h1-7,9,17H,8,15H2. The van der Waals surface area contributed by atoms with Crippen molar-refractivity contribution < 1.29 is 4.42 Å². The molecule has 3 N–H and O–H groups in total. The van der Waals surface area contributed by atoms with Gasteiger partial charge in [0.2, 0.25) is 0 Å². The summed E-state index contributed by atoms with van der Waals surface area (Å²) in [5, 5.41) is 4.31. The SMILES string of the molecule is Nc1ccc(NCc2ccoc2)c2ncccc12. The van der Waals surface area contributed by atoms with Gasteiger partial charge < -0.3 is 15.5 Å². The first-order valence-electron chi connectivity index (χ1n) is 5.73. The number of furan rings is 1. The van der Waals surface area contributed by atoms with E-state index in [4.69, 9.17) is 10.2 Å². The average molecular weight is 239 g/mol. The summed E-state index contributed by atoms with van der Waals surface area (Å²) in [6, 6.07) is 9.63. The van der Waals surface area contributed by atoms with E-state index >= 15 is 0 Å². The molecular weight excluding hydrogens is 226 g/mol. The number of nitrogens with one attached hydrogen (secondary N) is 1. The minimum absolute atomic E-state index is 0.700. The van der Waals surface area contributed by atoms with Crippen LogP contribution in [0, 0.1) is 0 Å². The van der Waals surface area contributed by atoms with Gasteiger partial charge in [-0.05, 0) is 30.3 Å². The lowest BCUT2D eigenvalue weighted by molar-refractivity contribution is 0.564. The van der Waals surface area contributed by atoms with Crippen LogP contribution in [0.3, 0.4) is 0 Å². The van der Waals surface area contributed by atoms with Gasteiger partial charge in [0.05, 0.1) is 23.7 Å². The van der Waals surface area contributed by atoms with Gasteiger partial charge in [-0.1, -0.05) is 0 Å². The van der Waals surface area contributed by atoms with Gasteiger partial charge >= 0.3 is 0 Å². The number of aromatic nitrogens is 1. The topological polar surface area (TPSA) is 64.1 Å². The van der Waals surface area contributed by atoms with Crippen LogP contribution in [0.15, 0.2) is 53.5 Å². The summed E-state index contributed by atoms with van der Waals surface area (Å²) in [7, 11) is 0. The van der Waals surface area contributed by atoms with E-state index in [-0.39, 0.29) is 0 Å². The Morgan fingerprint density at radius 1 is 1.22 bits per heavy atom. The Hall–Kier alpha value is -2.49. The molecule has 1 aromatic carbocycles. The molecule has 3 aromatic rings. The van der Waals surface area contributed by atoms with Crippen molar-refractivity contribution in [1.82, 2.24) is 4.98 Å². The summed E-state index contributed by atoms with van der Waals surface area (Å²) in [5.74, 6) is 0. The van der Waals surface area contributed by atoms with E-state index in [1.807, 2.05) is 30.3 Å². The van der Waals surface area contributed by atoms with E-state index in [0.717, 1.165) is 27.8 Å². The third-order valence-electron chi connectivity index (χ3n) is 2.87. The fourth-order valence-corrected chi connectivity index (χ4v) is 1.93. The summed E-state index contributed by atoms with van der Waals surface area (Å²) >= 11 is 0. The fraction of sp³-hybridized carbons (Fsp3) is 0.0714. The summed E-state index contributed by atoms with van der Waals surface area (Å²) in [6.45, 7) is 0.700. The van der Waals surface area contributed by atoms with Gasteiger partial charge in [0.1, 0.15) is 0 Å². The third-order valence-corrected chi connectivity index (χ3v) is 2.87. The van der Waals surface area contributed by atoms with Gasteiger partial charge in [0.25, 0.3) is 0 Å². The van der Waals surface area contributed by atoms with Crippen LogP contribution in [0.1, 0.15) is 5.56 Å². The lowest BCUT2D eigenvalue weighted by Crippen LogP contribution is -2.00. The highest BCUT2D eigenvalue weighted by atomic mass is 16.3. The molecule has 90 valence electrons. The number of nitrogen functional groups attached to an aromatic ring is 1. The quantitative estimate of drug-likeness (QED) is 0.689. The highest BCUT2D eigenvalue weighted by molar-refractivity contribution is 5.98. The van der Waals surface area contributed by atoms with Crippen molar-refractivity contribution in [2.45, 2.75) is 6.54 Å². The molecule has 0 atom stereocenters. The number of nitrogens with zero attached hydrogens (tertiary/aromatic N) is 1. The number of nitrogens with two attached hydrogens (primary N) is 1. The summed E-state index contributed by atoms with van der Waals surface area (Å²) in [5.41, 5.74) is 9.63. The fourth-order valence-electron chi connectivity index (χ4n) is 1.93. The van der Waals surface area contributed by atoms with Crippen molar-refractivity contribution >= 4 is 22.3 Å². The Morgan fingerprint density at radius 2 is 2.17 bits per heavy atom. The number of rotatable bonds is 3. The van der Waals surface area contributed by atoms with E-state index in [1.54, 1.807) is 18.7 Å². The maximum atomic E-state index is 5.93. The number of pyridine rings is 1. The van der Waals surface area contributed by atoms with Crippen LogP contribution in [0.4, 0.5) is 11.4 Å². The zero-order valence-corrected chi connectivity index (χ0v) is 9.76. The predicted molar refractivity (Wildman–Crippen MR) is 72.2 cm³/mol. The lowest BCUT2D eigenvalue weighted by Gasteiger charge is -2.09. The van der Waals surface area contributed by atoms with Crippen molar-refractivity contribution in [3.05, 3.63) is 54.6 Å².